The first kappa shape index (κ1) is 26.3. The zero-order valence-electron chi connectivity index (χ0n) is 18.5. The third kappa shape index (κ3) is 6.62. The van der Waals surface area contributed by atoms with Crippen molar-refractivity contribution in [3.05, 3.63) is 34.9 Å². The van der Waals surface area contributed by atoms with Crippen LogP contribution in [-0.2, 0) is 33.2 Å². The summed E-state index contributed by atoms with van der Waals surface area (Å²) in [5, 5.41) is 8.55. The maximum atomic E-state index is 13.1. The number of rotatable bonds is 6. The Morgan fingerprint density at radius 2 is 1.56 bits per heavy atom. The predicted octanol–water partition coefficient (Wildman–Crippen LogP) is 3.54. The molecule has 6 nitrogen and oxygen atoms in total. The molecule has 3 N–H and O–H groups in total. The molecule has 0 radical (unpaired) electrons. The van der Waals surface area contributed by atoms with Gasteiger partial charge in [-0.1, -0.05) is 0 Å². The third-order valence-electron chi connectivity index (χ3n) is 6.16. The molecule has 3 rings (SSSR count). The molecule has 0 aromatic heterocycles. The predicted molar refractivity (Wildman–Crippen MR) is 109 cm³/mol. The zero-order chi connectivity index (χ0) is 25.1. The molecule has 0 bridgehead atoms. The molecule has 1 aromatic rings. The van der Waals surface area contributed by atoms with E-state index in [1.165, 1.54) is 6.92 Å². The van der Waals surface area contributed by atoms with Gasteiger partial charge in [0.05, 0.1) is 11.1 Å². The fraction of sp³-hybridized carbons (Fsp3) is 0.636. The van der Waals surface area contributed by atoms with E-state index in [0.29, 0.717) is 31.8 Å². The van der Waals surface area contributed by atoms with Crippen molar-refractivity contribution < 1.29 is 40.7 Å². The summed E-state index contributed by atoms with van der Waals surface area (Å²) in [6, 6.07) is 1.32. The van der Waals surface area contributed by atoms with Crippen LogP contribution in [0.15, 0.2) is 18.2 Å². The minimum atomic E-state index is -4.98. The van der Waals surface area contributed by atoms with Gasteiger partial charge in [-0.3, -0.25) is 9.59 Å². The Balaban J connectivity index is 1.73. The number of hydrogen-bond donors (Lipinski definition) is 3. The Kier molecular flexibility index (Phi) is 7.81. The van der Waals surface area contributed by atoms with Gasteiger partial charge in [0, 0.05) is 38.8 Å². The fourth-order valence-electron chi connectivity index (χ4n) is 4.57. The lowest BCUT2D eigenvalue weighted by atomic mass is 9.95. The van der Waals surface area contributed by atoms with Crippen molar-refractivity contribution in [2.45, 2.75) is 75.5 Å². The molecule has 2 aliphatic rings. The molecule has 1 saturated carbocycles. The maximum Gasteiger partial charge on any atom is 0.416 e. The largest absolute Gasteiger partial charge is 0.416 e. The van der Waals surface area contributed by atoms with Crippen molar-refractivity contribution in [3.63, 3.8) is 0 Å². The molecule has 2 amide bonds. The Labute approximate surface area is 192 Å². The molecule has 1 heterocycles. The molecular formula is C22H27F6N3O3. The second-order valence-electron chi connectivity index (χ2n) is 8.85. The van der Waals surface area contributed by atoms with E-state index in [1.54, 1.807) is 0 Å². The molecule has 12 heteroatoms. The summed E-state index contributed by atoms with van der Waals surface area (Å²) in [7, 11) is 0. The Bertz CT molecular complexity index is 867. The van der Waals surface area contributed by atoms with Crippen molar-refractivity contribution in [3.8, 4) is 0 Å². The molecule has 2 atom stereocenters. The second kappa shape index (κ2) is 10.1. The van der Waals surface area contributed by atoms with Gasteiger partial charge in [-0.25, -0.2) is 0 Å². The Morgan fingerprint density at radius 3 is 2.09 bits per heavy atom. The van der Waals surface area contributed by atoms with Gasteiger partial charge in [-0.05, 0) is 55.9 Å². The van der Waals surface area contributed by atoms with Crippen LogP contribution in [0, 0.1) is 0 Å². The number of ether oxygens (including phenoxy) is 1. The smallest absolute Gasteiger partial charge is 0.381 e. The number of carbonyl (C=O) groups excluding carboxylic acids is 2. The van der Waals surface area contributed by atoms with Crippen LogP contribution in [0.1, 0.15) is 55.7 Å². The summed E-state index contributed by atoms with van der Waals surface area (Å²) in [5.74, 6) is -1.11. The van der Waals surface area contributed by atoms with Crippen LogP contribution in [0.5, 0.6) is 0 Å². The van der Waals surface area contributed by atoms with Gasteiger partial charge in [0.25, 0.3) is 0 Å². The third-order valence-corrected chi connectivity index (χ3v) is 6.16. The molecule has 1 saturated heterocycles. The lowest BCUT2D eigenvalue weighted by Crippen LogP contribution is -2.57. The van der Waals surface area contributed by atoms with Crippen LogP contribution in [0.4, 0.5) is 26.3 Å². The van der Waals surface area contributed by atoms with Gasteiger partial charge in [0.15, 0.2) is 0 Å². The quantitative estimate of drug-likeness (QED) is 0.528. The topological polar surface area (TPSA) is 79.5 Å². The molecular weight excluding hydrogens is 468 g/mol. The van der Waals surface area contributed by atoms with E-state index >= 15 is 0 Å². The van der Waals surface area contributed by atoms with Gasteiger partial charge < -0.3 is 20.7 Å². The number of hydrogen-bond acceptors (Lipinski definition) is 4. The summed E-state index contributed by atoms with van der Waals surface area (Å²) >= 11 is 0. The zero-order valence-corrected chi connectivity index (χ0v) is 18.5. The second-order valence-corrected chi connectivity index (χ2v) is 8.85. The maximum absolute atomic E-state index is 13.1. The molecule has 2 fully saturated rings. The lowest BCUT2D eigenvalue weighted by molar-refractivity contribution is -0.143. The van der Waals surface area contributed by atoms with Crippen LogP contribution >= 0.6 is 0 Å². The van der Waals surface area contributed by atoms with E-state index in [1.807, 2.05) is 0 Å². The number of benzene rings is 1. The summed E-state index contributed by atoms with van der Waals surface area (Å²) in [6.45, 7) is 1.94. The minimum Gasteiger partial charge on any atom is -0.381 e. The van der Waals surface area contributed by atoms with E-state index in [0.717, 1.165) is 12.8 Å². The summed E-state index contributed by atoms with van der Waals surface area (Å²) in [6.07, 6.45) is -7.22. The Hall–Kier alpha value is -2.34. The highest BCUT2D eigenvalue weighted by Crippen LogP contribution is 2.36. The normalized spacial score (nSPS) is 24.1. The van der Waals surface area contributed by atoms with Gasteiger partial charge in [0.1, 0.15) is 5.54 Å². The monoisotopic (exact) mass is 495 g/mol. The van der Waals surface area contributed by atoms with Crippen LogP contribution in [0.25, 0.3) is 0 Å². The number of amides is 2. The van der Waals surface area contributed by atoms with Gasteiger partial charge in [-0.15, -0.1) is 0 Å². The average Bonchev–Trinajstić information content (AvgIpc) is 3.14. The van der Waals surface area contributed by atoms with E-state index in [-0.39, 0.29) is 36.6 Å². The van der Waals surface area contributed by atoms with E-state index in [9.17, 15) is 35.9 Å². The minimum absolute atomic E-state index is 0.0354. The highest BCUT2D eigenvalue weighted by atomic mass is 19.4. The van der Waals surface area contributed by atoms with Crippen LogP contribution in [-0.4, -0.2) is 42.7 Å². The van der Waals surface area contributed by atoms with Crippen molar-refractivity contribution in [2.24, 2.45) is 0 Å². The molecule has 190 valence electrons. The first-order valence-corrected chi connectivity index (χ1v) is 11.0. The van der Waals surface area contributed by atoms with E-state index in [2.05, 4.69) is 16.0 Å². The molecule has 1 aliphatic carbocycles. The van der Waals surface area contributed by atoms with Crippen molar-refractivity contribution in [2.75, 3.05) is 13.2 Å². The van der Waals surface area contributed by atoms with Crippen LogP contribution in [0.3, 0.4) is 0 Å². The molecule has 1 aliphatic heterocycles. The molecule has 0 spiro atoms. The molecule has 1 aromatic carbocycles. The number of halogens is 6. The van der Waals surface area contributed by atoms with E-state index in [4.69, 9.17) is 4.74 Å². The number of carbonyl (C=O) groups is 2. The van der Waals surface area contributed by atoms with Crippen LogP contribution in [0.2, 0.25) is 0 Å². The SMILES string of the molecule is CC(=O)N[C@]1(C(=O)NCc2cc(C(F)(F)F)cc(C(F)(F)F)c2)CC[C@@H](NC2CCOCC2)C1. The van der Waals surface area contributed by atoms with E-state index < -0.39 is 47.4 Å². The van der Waals surface area contributed by atoms with Crippen molar-refractivity contribution in [1.29, 1.82) is 0 Å². The Morgan fingerprint density at radius 1 is 0.971 bits per heavy atom. The number of nitrogens with one attached hydrogen (secondary N) is 3. The summed E-state index contributed by atoms with van der Waals surface area (Å²) in [4.78, 5) is 24.9. The number of alkyl halides is 6. The molecule has 34 heavy (non-hydrogen) atoms. The molecule has 0 unspecified atom stereocenters. The average molecular weight is 495 g/mol. The highest BCUT2D eigenvalue weighted by molar-refractivity contribution is 5.91. The first-order chi connectivity index (χ1) is 15.8. The first-order valence-electron chi connectivity index (χ1n) is 11.0. The van der Waals surface area contributed by atoms with Crippen LogP contribution < -0.4 is 16.0 Å². The van der Waals surface area contributed by atoms with Gasteiger partial charge >= 0.3 is 12.4 Å². The van der Waals surface area contributed by atoms with Crippen molar-refractivity contribution >= 4 is 11.8 Å². The lowest BCUT2D eigenvalue weighted by Gasteiger charge is -2.31. The van der Waals surface area contributed by atoms with Gasteiger partial charge in [-0.2, -0.15) is 26.3 Å². The fourth-order valence-corrected chi connectivity index (χ4v) is 4.57. The van der Waals surface area contributed by atoms with Gasteiger partial charge in [0.2, 0.25) is 11.8 Å². The summed E-state index contributed by atoms with van der Waals surface area (Å²) < 4.78 is 83.9. The summed E-state index contributed by atoms with van der Waals surface area (Å²) in [5.41, 5.74) is -4.55. The highest BCUT2D eigenvalue weighted by Gasteiger charge is 2.46. The van der Waals surface area contributed by atoms with Crippen molar-refractivity contribution in [1.82, 2.24) is 16.0 Å². The standard InChI is InChI=1S/C22H27F6N3O3/c1-13(32)31-20(5-2-18(11-20)30-17-3-6-34-7-4-17)19(33)29-12-14-8-15(21(23,24)25)10-16(9-14)22(26,27)28/h8-10,17-18,30H,2-7,11-12H2,1H3,(H,29,33)(H,31,32)/t18-,20-/m1/s1.